The zero-order valence-corrected chi connectivity index (χ0v) is 13.6. The van der Waals surface area contributed by atoms with Crippen molar-refractivity contribution >= 4 is 11.6 Å². The maximum atomic E-state index is 14.0. The monoisotopic (exact) mass is 304 g/mol. The van der Waals surface area contributed by atoms with Gasteiger partial charge in [0.05, 0.1) is 12.2 Å². The third-order valence-electron chi connectivity index (χ3n) is 3.61. The van der Waals surface area contributed by atoms with Gasteiger partial charge in [0.15, 0.2) is 5.96 Å². The topological polar surface area (TPSA) is 39.7 Å². The highest BCUT2D eigenvalue weighted by atomic mass is 19.1. The summed E-state index contributed by atoms with van der Waals surface area (Å²) in [6.07, 6.45) is 6.40. The number of hydrogen-bond acceptors (Lipinski definition) is 2. The summed E-state index contributed by atoms with van der Waals surface area (Å²) in [5.74, 6) is 0.573. The first-order chi connectivity index (χ1) is 10.6. The predicted octanol–water partition coefficient (Wildman–Crippen LogP) is 2.67. The first-order valence-corrected chi connectivity index (χ1v) is 7.75. The van der Waals surface area contributed by atoms with Crippen molar-refractivity contribution in [2.24, 2.45) is 4.99 Å². The molecule has 5 heteroatoms. The number of anilines is 1. The van der Waals surface area contributed by atoms with Gasteiger partial charge in [-0.25, -0.2) is 9.38 Å². The lowest BCUT2D eigenvalue weighted by atomic mass is 10.2. The molecule has 0 bridgehead atoms. The number of halogens is 1. The zero-order valence-electron chi connectivity index (χ0n) is 13.6. The summed E-state index contributed by atoms with van der Waals surface area (Å²) in [4.78, 5) is 6.31. The number of nitrogens with one attached hydrogen (secondary N) is 2. The molecule has 1 aromatic rings. The minimum Gasteiger partial charge on any atom is -0.375 e. The highest BCUT2D eigenvalue weighted by Crippen LogP contribution is 2.18. The second-order valence-corrected chi connectivity index (χ2v) is 5.66. The Hall–Kier alpha value is -2.04. The van der Waals surface area contributed by atoms with E-state index >= 15 is 0 Å². The van der Waals surface area contributed by atoms with Gasteiger partial charge in [-0.3, -0.25) is 0 Å². The molecule has 0 fully saturated rings. The standard InChI is InChI=1S/C17H25FN4/c1-4-19-17(21-14-7-5-6-8-14)20-12-13-9-10-16(22(2)3)15(18)11-13/h5-6,9-11,14H,4,7-8,12H2,1-3H3,(H2,19,20,21). The molecular weight excluding hydrogens is 279 g/mol. The average Bonchev–Trinajstić information content (AvgIpc) is 2.97. The summed E-state index contributed by atoms with van der Waals surface area (Å²) in [5, 5.41) is 6.64. The van der Waals surface area contributed by atoms with Crippen LogP contribution < -0.4 is 15.5 Å². The molecule has 22 heavy (non-hydrogen) atoms. The van der Waals surface area contributed by atoms with Crippen LogP contribution in [0.4, 0.5) is 10.1 Å². The van der Waals surface area contributed by atoms with Crippen molar-refractivity contribution in [3.63, 3.8) is 0 Å². The first-order valence-electron chi connectivity index (χ1n) is 7.75. The molecule has 0 amide bonds. The normalized spacial score (nSPS) is 15.2. The number of hydrogen-bond donors (Lipinski definition) is 2. The van der Waals surface area contributed by atoms with Crippen molar-refractivity contribution < 1.29 is 4.39 Å². The first kappa shape index (κ1) is 16.3. The quantitative estimate of drug-likeness (QED) is 0.499. The van der Waals surface area contributed by atoms with Gasteiger partial charge >= 0.3 is 0 Å². The molecule has 0 saturated heterocycles. The molecule has 0 aromatic heterocycles. The molecular formula is C17H25FN4. The van der Waals surface area contributed by atoms with Gasteiger partial charge in [0, 0.05) is 26.7 Å². The van der Waals surface area contributed by atoms with Crippen LogP contribution in [-0.4, -0.2) is 32.6 Å². The summed E-state index contributed by atoms with van der Waals surface area (Å²) >= 11 is 0. The van der Waals surface area contributed by atoms with Gasteiger partial charge in [-0.05, 0) is 37.5 Å². The Kier molecular flexibility index (Phi) is 5.81. The fraction of sp³-hybridized carbons (Fsp3) is 0.471. The molecule has 1 aliphatic carbocycles. The second-order valence-electron chi connectivity index (χ2n) is 5.66. The van der Waals surface area contributed by atoms with E-state index < -0.39 is 0 Å². The minimum atomic E-state index is -0.212. The van der Waals surface area contributed by atoms with E-state index in [1.54, 1.807) is 17.0 Å². The molecule has 2 N–H and O–H groups in total. The Labute approximate surface area is 132 Å². The van der Waals surface area contributed by atoms with E-state index in [-0.39, 0.29) is 5.82 Å². The van der Waals surface area contributed by atoms with Crippen LogP contribution in [-0.2, 0) is 6.54 Å². The van der Waals surface area contributed by atoms with Crippen LogP contribution in [0.5, 0.6) is 0 Å². The fourth-order valence-electron chi connectivity index (χ4n) is 2.43. The Bertz CT molecular complexity index is 544. The lowest BCUT2D eigenvalue weighted by Gasteiger charge is -2.17. The number of guanidine groups is 1. The molecule has 0 saturated carbocycles. The lowest BCUT2D eigenvalue weighted by molar-refractivity contribution is 0.622. The van der Waals surface area contributed by atoms with Crippen LogP contribution in [0.2, 0.25) is 0 Å². The van der Waals surface area contributed by atoms with E-state index in [9.17, 15) is 4.39 Å². The van der Waals surface area contributed by atoms with E-state index in [1.807, 2.05) is 27.1 Å². The Morgan fingerprint density at radius 1 is 1.32 bits per heavy atom. The van der Waals surface area contributed by atoms with Crippen molar-refractivity contribution in [2.75, 3.05) is 25.5 Å². The molecule has 0 heterocycles. The van der Waals surface area contributed by atoms with E-state index in [1.165, 1.54) is 0 Å². The number of nitrogens with zero attached hydrogens (tertiary/aromatic N) is 2. The highest BCUT2D eigenvalue weighted by molar-refractivity contribution is 5.80. The Balaban J connectivity index is 2.01. The smallest absolute Gasteiger partial charge is 0.191 e. The predicted molar refractivity (Wildman–Crippen MR) is 90.8 cm³/mol. The van der Waals surface area contributed by atoms with Crippen LogP contribution in [0.15, 0.2) is 35.3 Å². The van der Waals surface area contributed by atoms with Crippen LogP contribution in [0.1, 0.15) is 25.3 Å². The molecule has 2 rings (SSSR count). The average molecular weight is 304 g/mol. The van der Waals surface area contributed by atoms with Gasteiger partial charge in [-0.15, -0.1) is 0 Å². The SMILES string of the molecule is CCNC(=NCc1ccc(N(C)C)c(F)c1)NC1CC=CC1. The number of benzene rings is 1. The van der Waals surface area contributed by atoms with Crippen LogP contribution in [0.25, 0.3) is 0 Å². The molecule has 0 unspecified atom stereocenters. The highest BCUT2D eigenvalue weighted by Gasteiger charge is 2.11. The minimum absolute atomic E-state index is 0.212. The maximum absolute atomic E-state index is 14.0. The maximum Gasteiger partial charge on any atom is 0.191 e. The molecule has 0 aliphatic heterocycles. The molecule has 1 aliphatic rings. The van der Waals surface area contributed by atoms with Gasteiger partial charge in [-0.2, -0.15) is 0 Å². The van der Waals surface area contributed by atoms with Crippen LogP contribution in [0.3, 0.4) is 0 Å². The number of aliphatic imine (C=N–C) groups is 1. The van der Waals surface area contributed by atoms with Gasteiger partial charge in [-0.1, -0.05) is 18.2 Å². The van der Waals surface area contributed by atoms with Crippen LogP contribution in [0, 0.1) is 5.82 Å². The Morgan fingerprint density at radius 3 is 2.64 bits per heavy atom. The molecule has 0 atom stereocenters. The van der Waals surface area contributed by atoms with Crippen molar-refractivity contribution in [3.05, 3.63) is 41.7 Å². The molecule has 120 valence electrons. The van der Waals surface area contributed by atoms with E-state index in [2.05, 4.69) is 27.8 Å². The van der Waals surface area contributed by atoms with Crippen molar-refractivity contribution in [1.82, 2.24) is 10.6 Å². The largest absolute Gasteiger partial charge is 0.375 e. The lowest BCUT2D eigenvalue weighted by Crippen LogP contribution is -2.42. The number of rotatable bonds is 5. The Morgan fingerprint density at radius 2 is 2.05 bits per heavy atom. The third-order valence-corrected chi connectivity index (χ3v) is 3.61. The second kappa shape index (κ2) is 7.82. The van der Waals surface area contributed by atoms with Gasteiger partial charge in [0.25, 0.3) is 0 Å². The van der Waals surface area contributed by atoms with E-state index in [0.717, 1.165) is 30.9 Å². The molecule has 4 nitrogen and oxygen atoms in total. The van der Waals surface area contributed by atoms with Gasteiger partial charge in [0.1, 0.15) is 5.82 Å². The van der Waals surface area contributed by atoms with Gasteiger partial charge < -0.3 is 15.5 Å². The zero-order chi connectivity index (χ0) is 15.9. The van der Waals surface area contributed by atoms with Crippen molar-refractivity contribution in [2.45, 2.75) is 32.4 Å². The van der Waals surface area contributed by atoms with Crippen molar-refractivity contribution in [1.29, 1.82) is 0 Å². The van der Waals surface area contributed by atoms with Crippen LogP contribution >= 0.6 is 0 Å². The summed E-state index contributed by atoms with van der Waals surface area (Å²) in [6, 6.07) is 5.68. The summed E-state index contributed by atoms with van der Waals surface area (Å²) in [7, 11) is 3.66. The van der Waals surface area contributed by atoms with Gasteiger partial charge in [0.2, 0.25) is 0 Å². The van der Waals surface area contributed by atoms with E-state index in [4.69, 9.17) is 0 Å². The van der Waals surface area contributed by atoms with E-state index in [0.29, 0.717) is 18.3 Å². The molecule has 0 spiro atoms. The molecule has 1 aromatic carbocycles. The third kappa shape index (κ3) is 4.48. The fourth-order valence-corrected chi connectivity index (χ4v) is 2.43. The molecule has 0 radical (unpaired) electrons. The summed E-state index contributed by atoms with van der Waals surface area (Å²) in [5.41, 5.74) is 1.46. The summed E-state index contributed by atoms with van der Waals surface area (Å²) < 4.78 is 14.0. The van der Waals surface area contributed by atoms with Crippen molar-refractivity contribution in [3.8, 4) is 0 Å². The summed E-state index contributed by atoms with van der Waals surface area (Å²) in [6.45, 7) is 3.30.